The second-order valence-corrected chi connectivity index (χ2v) is 11.7. The molecule has 12 atom stereocenters. The van der Waals surface area contributed by atoms with Gasteiger partial charge in [-0.25, -0.2) is 0 Å². The van der Waals surface area contributed by atoms with Gasteiger partial charge >= 0.3 is 0 Å². The Hall–Kier alpha value is -0.780. The predicted molar refractivity (Wildman–Crippen MR) is 157 cm³/mol. The second kappa shape index (κ2) is 21.1. The van der Waals surface area contributed by atoms with Crippen molar-refractivity contribution < 1.29 is 59.8 Å². The molecule has 0 aromatic carbocycles. The summed E-state index contributed by atoms with van der Waals surface area (Å²) in [7, 11) is 0. The molecule has 0 bridgehead atoms. The number of hydrogen-bond donors (Lipinski definition) is 9. The maximum Gasteiger partial charge on any atom is 0.187 e. The number of nitrogens with two attached hydrogens (primary N) is 1. The van der Waals surface area contributed by atoms with Crippen LogP contribution in [0.15, 0.2) is 12.2 Å². The first-order valence-corrected chi connectivity index (χ1v) is 16.0. The Morgan fingerprint density at radius 3 is 1.81 bits per heavy atom. The molecule has 2 saturated heterocycles. The van der Waals surface area contributed by atoms with Crippen molar-refractivity contribution in [2.24, 2.45) is 5.73 Å². The van der Waals surface area contributed by atoms with Crippen LogP contribution < -0.4 is 5.73 Å². The van der Waals surface area contributed by atoms with Gasteiger partial charge in [-0.1, -0.05) is 83.3 Å². The third-order valence-electron chi connectivity index (χ3n) is 8.16. The zero-order chi connectivity index (χ0) is 31.8. The number of unbranched alkanes of at least 4 members (excludes halogenated alkanes) is 11. The summed E-state index contributed by atoms with van der Waals surface area (Å²) in [6.45, 7) is 0.641. The summed E-state index contributed by atoms with van der Waals surface area (Å²) < 4.78 is 21.9. The van der Waals surface area contributed by atoms with Gasteiger partial charge in [0.15, 0.2) is 12.6 Å². The van der Waals surface area contributed by atoms with Crippen molar-refractivity contribution in [3.63, 3.8) is 0 Å². The Bertz CT molecular complexity index is 744. The molecule has 10 N–H and O–H groups in total. The van der Waals surface area contributed by atoms with E-state index in [1.807, 2.05) is 6.08 Å². The Labute approximate surface area is 255 Å². The van der Waals surface area contributed by atoms with E-state index in [4.69, 9.17) is 24.7 Å². The average molecular weight is 624 g/mol. The summed E-state index contributed by atoms with van der Waals surface area (Å²) in [6, 6.07) is -0.850. The largest absolute Gasteiger partial charge is 0.394 e. The molecule has 43 heavy (non-hydrogen) atoms. The Kier molecular flexibility index (Phi) is 18.8. The first-order chi connectivity index (χ1) is 20.7. The summed E-state index contributed by atoms with van der Waals surface area (Å²) in [5.41, 5.74) is 6.04. The lowest BCUT2D eigenvalue weighted by molar-refractivity contribution is -0.359. The highest BCUT2D eigenvalue weighted by Crippen LogP contribution is 2.29. The zero-order valence-electron chi connectivity index (χ0n) is 25.5. The van der Waals surface area contributed by atoms with Crippen LogP contribution in [0.1, 0.15) is 84.0 Å². The van der Waals surface area contributed by atoms with Gasteiger partial charge in [0.25, 0.3) is 0 Å². The molecule has 254 valence electrons. The zero-order valence-corrected chi connectivity index (χ0v) is 25.5. The maximum atomic E-state index is 10.7. The molecule has 13 heteroatoms. The van der Waals surface area contributed by atoms with Gasteiger partial charge in [0.05, 0.1) is 32.0 Å². The lowest BCUT2D eigenvalue weighted by atomic mass is 9.97. The van der Waals surface area contributed by atoms with Crippen LogP contribution >= 0.6 is 0 Å². The first kappa shape index (κ1) is 38.4. The van der Waals surface area contributed by atoms with Gasteiger partial charge in [0.1, 0.15) is 48.8 Å². The van der Waals surface area contributed by atoms with Gasteiger partial charge in [-0.2, -0.15) is 0 Å². The van der Waals surface area contributed by atoms with Crippen molar-refractivity contribution in [2.45, 2.75) is 158 Å². The van der Waals surface area contributed by atoms with E-state index in [0.29, 0.717) is 0 Å². The molecule has 2 fully saturated rings. The van der Waals surface area contributed by atoms with E-state index in [1.165, 1.54) is 57.8 Å². The standard InChI is InChI=1S/C30H57NO12/c1-2-3-4-5-6-7-8-9-10-11-12-13-14-15-20(34)19(31)18-40-29-27(39)25(37)28(22(17-33)42-29)43-30-26(38)24(36)23(35)21(16-32)41-30/h14-15,19-30,32-39H,2-13,16-18,31H2,1H3/b15-14+/t19-,20+,21-,22-,23+,24-,25-,26-,27-,28+,29-,30+/m1/s1. The predicted octanol–water partition coefficient (Wildman–Crippen LogP) is -0.427. The van der Waals surface area contributed by atoms with Gasteiger partial charge in [0.2, 0.25) is 0 Å². The fourth-order valence-electron chi connectivity index (χ4n) is 5.30. The third kappa shape index (κ3) is 12.5. The highest BCUT2D eigenvalue weighted by molar-refractivity contribution is 4.96. The molecule has 2 aliphatic heterocycles. The van der Waals surface area contributed by atoms with Crippen LogP contribution in [-0.4, -0.2) is 134 Å². The van der Waals surface area contributed by atoms with Crippen molar-refractivity contribution in [2.75, 3.05) is 19.8 Å². The van der Waals surface area contributed by atoms with E-state index in [-0.39, 0.29) is 6.61 Å². The number of allylic oxidation sites excluding steroid dienone is 1. The summed E-state index contributed by atoms with van der Waals surface area (Å²) in [4.78, 5) is 0. The van der Waals surface area contributed by atoms with Gasteiger partial charge < -0.3 is 65.5 Å². The average Bonchev–Trinajstić information content (AvgIpc) is 3.01. The van der Waals surface area contributed by atoms with Crippen LogP contribution in [0.4, 0.5) is 0 Å². The Morgan fingerprint density at radius 1 is 0.698 bits per heavy atom. The summed E-state index contributed by atoms with van der Waals surface area (Å²) in [6.07, 6.45) is 1.80. The van der Waals surface area contributed by atoms with Crippen molar-refractivity contribution in [3.8, 4) is 0 Å². The van der Waals surface area contributed by atoms with Crippen LogP contribution in [0.5, 0.6) is 0 Å². The van der Waals surface area contributed by atoms with Gasteiger partial charge in [-0.15, -0.1) is 0 Å². The number of ether oxygens (including phenoxy) is 4. The van der Waals surface area contributed by atoms with Crippen LogP contribution in [0.25, 0.3) is 0 Å². The molecule has 0 unspecified atom stereocenters. The van der Waals surface area contributed by atoms with Crippen LogP contribution in [0.2, 0.25) is 0 Å². The minimum absolute atomic E-state index is 0.227. The SMILES string of the molecule is CCCCCCCCCCCCC/C=C/[C@H](O)[C@H](N)CO[C@@H]1O[C@H](CO)[C@H](O[C@@H]2O[C@H](CO)[C@H](O)[C@@H](O)[C@H]2O)[C@H](O)[C@H]1O. The molecule has 2 heterocycles. The second-order valence-electron chi connectivity index (χ2n) is 11.7. The molecule has 2 aliphatic rings. The number of aliphatic hydroxyl groups excluding tert-OH is 8. The fourth-order valence-corrected chi connectivity index (χ4v) is 5.30. The van der Waals surface area contributed by atoms with Crippen molar-refractivity contribution in [1.82, 2.24) is 0 Å². The molecule has 0 spiro atoms. The van der Waals surface area contributed by atoms with E-state index in [1.54, 1.807) is 6.08 Å². The molecule has 0 radical (unpaired) electrons. The highest BCUT2D eigenvalue weighted by Gasteiger charge is 2.50. The summed E-state index contributed by atoms with van der Waals surface area (Å²) in [5, 5.41) is 81.0. The van der Waals surface area contributed by atoms with Gasteiger partial charge in [-0.3, -0.25) is 0 Å². The van der Waals surface area contributed by atoms with Crippen LogP contribution in [0, 0.1) is 0 Å². The van der Waals surface area contributed by atoms with E-state index < -0.39 is 86.8 Å². The van der Waals surface area contributed by atoms with Crippen molar-refractivity contribution >= 4 is 0 Å². The topological polar surface area (TPSA) is 225 Å². The molecule has 0 aliphatic carbocycles. The number of hydrogen-bond acceptors (Lipinski definition) is 13. The minimum atomic E-state index is -1.75. The summed E-state index contributed by atoms with van der Waals surface area (Å²) in [5.74, 6) is 0. The minimum Gasteiger partial charge on any atom is -0.394 e. The lowest BCUT2D eigenvalue weighted by Gasteiger charge is -2.46. The van der Waals surface area contributed by atoms with E-state index >= 15 is 0 Å². The van der Waals surface area contributed by atoms with Gasteiger partial charge in [0, 0.05) is 0 Å². The molecular weight excluding hydrogens is 566 g/mol. The molecule has 0 amide bonds. The monoisotopic (exact) mass is 623 g/mol. The van der Waals surface area contributed by atoms with Gasteiger partial charge in [-0.05, 0) is 12.8 Å². The van der Waals surface area contributed by atoms with E-state index in [9.17, 15) is 40.9 Å². The van der Waals surface area contributed by atoms with E-state index in [0.717, 1.165) is 19.3 Å². The highest BCUT2D eigenvalue weighted by atomic mass is 16.7. The smallest absolute Gasteiger partial charge is 0.187 e. The first-order valence-electron chi connectivity index (χ1n) is 16.0. The molecule has 0 aromatic heterocycles. The number of aliphatic hydroxyl groups is 8. The molecule has 0 saturated carbocycles. The van der Waals surface area contributed by atoms with E-state index in [2.05, 4.69) is 6.92 Å². The van der Waals surface area contributed by atoms with Crippen molar-refractivity contribution in [3.05, 3.63) is 12.2 Å². The van der Waals surface area contributed by atoms with Crippen molar-refractivity contribution in [1.29, 1.82) is 0 Å². The molecule has 2 rings (SSSR count). The molecule has 13 nitrogen and oxygen atoms in total. The molecule has 0 aromatic rings. The Balaban J connectivity index is 1.70. The Morgan fingerprint density at radius 2 is 1.23 bits per heavy atom. The molecular formula is C30H57NO12. The third-order valence-corrected chi connectivity index (χ3v) is 8.16. The number of rotatable bonds is 21. The van der Waals surface area contributed by atoms with Crippen LogP contribution in [0.3, 0.4) is 0 Å². The summed E-state index contributed by atoms with van der Waals surface area (Å²) >= 11 is 0. The quantitative estimate of drug-likeness (QED) is 0.0585. The normalized spacial score (nSPS) is 34.9. The maximum absolute atomic E-state index is 10.7. The lowest BCUT2D eigenvalue weighted by Crippen LogP contribution is -2.64. The fraction of sp³-hybridized carbons (Fsp3) is 0.933. The van der Waals surface area contributed by atoms with Crippen LogP contribution in [-0.2, 0) is 18.9 Å².